The maximum Gasteiger partial charge on any atom is 0.263 e. The average molecular weight is 327 g/mol. The molecule has 0 aliphatic rings. The molecule has 0 atom stereocenters. The molecule has 3 rings (SSSR count). The van der Waals surface area contributed by atoms with Crippen molar-refractivity contribution in [1.82, 2.24) is 15.3 Å². The number of thiazole rings is 1. The van der Waals surface area contributed by atoms with Gasteiger partial charge in [0.25, 0.3) is 5.91 Å². The van der Waals surface area contributed by atoms with E-state index < -0.39 is 0 Å². The Hall–Kier alpha value is -2.47. The van der Waals surface area contributed by atoms with Gasteiger partial charge in [-0.25, -0.2) is 4.98 Å². The van der Waals surface area contributed by atoms with E-state index in [0.717, 1.165) is 29.3 Å². The van der Waals surface area contributed by atoms with E-state index in [-0.39, 0.29) is 5.91 Å². The molecule has 0 unspecified atom stereocenters. The molecule has 3 aromatic heterocycles. The van der Waals surface area contributed by atoms with Gasteiger partial charge in [-0.2, -0.15) is 0 Å². The van der Waals surface area contributed by atoms with Crippen LogP contribution in [0, 0.1) is 6.92 Å². The zero-order chi connectivity index (χ0) is 16.1. The van der Waals surface area contributed by atoms with Crippen LogP contribution in [0.15, 0.2) is 47.3 Å². The first-order valence-corrected chi connectivity index (χ1v) is 8.20. The van der Waals surface area contributed by atoms with Crippen molar-refractivity contribution in [3.8, 4) is 0 Å². The highest BCUT2D eigenvalue weighted by Crippen LogP contribution is 2.20. The van der Waals surface area contributed by atoms with Gasteiger partial charge in [-0.15, -0.1) is 11.3 Å². The Morgan fingerprint density at radius 3 is 2.83 bits per heavy atom. The third-order valence-corrected chi connectivity index (χ3v) is 4.64. The minimum atomic E-state index is -0.105. The summed E-state index contributed by atoms with van der Waals surface area (Å²) in [6.45, 7) is 2.25. The third kappa shape index (κ3) is 4.04. The summed E-state index contributed by atoms with van der Waals surface area (Å²) < 4.78 is 5.21. The molecule has 3 heterocycles. The first-order valence-electron chi connectivity index (χ1n) is 7.38. The number of carbonyl (C=O) groups excluding carboxylic acids is 1. The highest BCUT2D eigenvalue weighted by atomic mass is 32.1. The molecule has 23 heavy (non-hydrogen) atoms. The smallest absolute Gasteiger partial charge is 0.263 e. The average Bonchev–Trinajstić information content (AvgIpc) is 3.21. The predicted octanol–water partition coefficient (Wildman–Crippen LogP) is 3.15. The van der Waals surface area contributed by atoms with Crippen LogP contribution in [0.2, 0.25) is 0 Å². The van der Waals surface area contributed by atoms with Gasteiger partial charge in [-0.05, 0) is 43.2 Å². The minimum absolute atomic E-state index is 0.105. The van der Waals surface area contributed by atoms with Gasteiger partial charge >= 0.3 is 0 Å². The highest BCUT2D eigenvalue weighted by molar-refractivity contribution is 7.13. The zero-order valence-electron chi connectivity index (χ0n) is 12.8. The molecule has 3 aromatic rings. The van der Waals surface area contributed by atoms with Crippen LogP contribution in [0.1, 0.15) is 31.7 Å². The second-order valence-electron chi connectivity index (χ2n) is 5.14. The Morgan fingerprint density at radius 1 is 1.26 bits per heavy atom. The van der Waals surface area contributed by atoms with Crippen LogP contribution in [0.4, 0.5) is 0 Å². The van der Waals surface area contributed by atoms with E-state index in [2.05, 4.69) is 15.3 Å². The van der Waals surface area contributed by atoms with E-state index >= 15 is 0 Å². The number of aromatic nitrogens is 2. The Kier molecular flexibility index (Phi) is 4.83. The molecule has 6 heteroatoms. The molecule has 0 aromatic carbocycles. The summed E-state index contributed by atoms with van der Waals surface area (Å²) in [7, 11) is 0. The summed E-state index contributed by atoms with van der Waals surface area (Å²) in [6, 6.07) is 7.63. The van der Waals surface area contributed by atoms with Crippen LogP contribution >= 0.6 is 11.3 Å². The Balaban J connectivity index is 1.60. The fourth-order valence-electron chi connectivity index (χ4n) is 2.23. The van der Waals surface area contributed by atoms with Crippen molar-refractivity contribution < 1.29 is 9.21 Å². The molecule has 5 nitrogen and oxygen atoms in total. The lowest BCUT2D eigenvalue weighted by atomic mass is 10.1. The number of hydrogen-bond acceptors (Lipinski definition) is 5. The van der Waals surface area contributed by atoms with E-state index in [1.807, 2.05) is 25.1 Å². The molecule has 0 fully saturated rings. The molecule has 0 radical (unpaired) electrons. The predicted molar refractivity (Wildman–Crippen MR) is 88.4 cm³/mol. The lowest BCUT2D eigenvalue weighted by Crippen LogP contribution is -2.22. The van der Waals surface area contributed by atoms with Crippen LogP contribution in [0.3, 0.4) is 0 Å². The van der Waals surface area contributed by atoms with Gasteiger partial charge < -0.3 is 9.73 Å². The number of amides is 1. The SMILES string of the molecule is Cc1nc(CCc2ccncc2)sc1C(=O)NCc1ccco1. The van der Waals surface area contributed by atoms with Crippen LogP contribution in [0.5, 0.6) is 0 Å². The largest absolute Gasteiger partial charge is 0.467 e. The fraction of sp³-hybridized carbons (Fsp3) is 0.235. The number of aryl methyl sites for hydroxylation is 3. The molecule has 0 spiro atoms. The molecule has 0 saturated heterocycles. The summed E-state index contributed by atoms with van der Waals surface area (Å²) in [5.41, 5.74) is 1.99. The van der Waals surface area contributed by atoms with Crippen molar-refractivity contribution in [2.24, 2.45) is 0 Å². The quantitative estimate of drug-likeness (QED) is 0.755. The lowest BCUT2D eigenvalue weighted by molar-refractivity contribution is 0.0951. The molecule has 0 saturated carbocycles. The summed E-state index contributed by atoms with van der Waals surface area (Å²) in [5, 5.41) is 3.83. The summed E-state index contributed by atoms with van der Waals surface area (Å²) in [6.07, 6.45) is 6.88. The normalized spacial score (nSPS) is 10.7. The molecule has 1 amide bonds. The van der Waals surface area contributed by atoms with Gasteiger partial charge in [-0.3, -0.25) is 9.78 Å². The number of furan rings is 1. The fourth-order valence-corrected chi connectivity index (χ4v) is 3.21. The molecule has 1 N–H and O–H groups in total. The summed E-state index contributed by atoms with van der Waals surface area (Å²) >= 11 is 1.45. The maximum atomic E-state index is 12.3. The molecular weight excluding hydrogens is 310 g/mol. The number of nitrogens with one attached hydrogen (secondary N) is 1. The van der Waals surface area contributed by atoms with Crippen molar-refractivity contribution in [3.05, 3.63) is 69.8 Å². The molecule has 0 bridgehead atoms. The number of nitrogens with zero attached hydrogens (tertiary/aromatic N) is 2. The van der Waals surface area contributed by atoms with Gasteiger partial charge in [0.2, 0.25) is 0 Å². The molecule has 0 aliphatic heterocycles. The van der Waals surface area contributed by atoms with Crippen molar-refractivity contribution in [1.29, 1.82) is 0 Å². The van der Waals surface area contributed by atoms with Crippen molar-refractivity contribution in [2.75, 3.05) is 0 Å². The number of pyridine rings is 1. The second-order valence-corrected chi connectivity index (χ2v) is 6.22. The van der Waals surface area contributed by atoms with Gasteiger partial charge in [0, 0.05) is 18.8 Å². The Bertz CT molecular complexity index is 767. The molecule has 0 aliphatic carbocycles. The van der Waals surface area contributed by atoms with Crippen LogP contribution in [-0.2, 0) is 19.4 Å². The topological polar surface area (TPSA) is 68.0 Å². The number of hydrogen-bond donors (Lipinski definition) is 1. The number of rotatable bonds is 6. The highest BCUT2D eigenvalue weighted by Gasteiger charge is 2.15. The van der Waals surface area contributed by atoms with Crippen molar-refractivity contribution in [3.63, 3.8) is 0 Å². The van der Waals surface area contributed by atoms with Gasteiger partial charge in [0.05, 0.1) is 23.5 Å². The van der Waals surface area contributed by atoms with Gasteiger partial charge in [0.1, 0.15) is 10.6 Å². The van der Waals surface area contributed by atoms with Gasteiger partial charge in [0.15, 0.2) is 0 Å². The van der Waals surface area contributed by atoms with Crippen molar-refractivity contribution in [2.45, 2.75) is 26.3 Å². The van der Waals surface area contributed by atoms with E-state index in [0.29, 0.717) is 11.4 Å². The van der Waals surface area contributed by atoms with Crippen LogP contribution in [0.25, 0.3) is 0 Å². The van der Waals surface area contributed by atoms with E-state index in [1.54, 1.807) is 24.7 Å². The number of carbonyl (C=O) groups is 1. The van der Waals surface area contributed by atoms with E-state index in [1.165, 1.54) is 16.9 Å². The summed E-state index contributed by atoms with van der Waals surface area (Å²) in [5.74, 6) is 0.630. The van der Waals surface area contributed by atoms with Crippen molar-refractivity contribution >= 4 is 17.2 Å². The second kappa shape index (κ2) is 7.19. The van der Waals surface area contributed by atoms with Gasteiger partial charge in [-0.1, -0.05) is 0 Å². The maximum absolute atomic E-state index is 12.3. The first kappa shape index (κ1) is 15.4. The first-order chi connectivity index (χ1) is 11.2. The monoisotopic (exact) mass is 327 g/mol. The van der Waals surface area contributed by atoms with Crippen LogP contribution in [-0.4, -0.2) is 15.9 Å². The van der Waals surface area contributed by atoms with Crippen LogP contribution < -0.4 is 5.32 Å². The molecule has 118 valence electrons. The zero-order valence-corrected chi connectivity index (χ0v) is 13.6. The Labute approximate surface area is 138 Å². The van der Waals surface area contributed by atoms with E-state index in [4.69, 9.17) is 4.42 Å². The minimum Gasteiger partial charge on any atom is -0.467 e. The molecular formula is C17H17N3O2S. The Morgan fingerprint density at radius 2 is 2.09 bits per heavy atom. The third-order valence-electron chi connectivity index (χ3n) is 3.43. The summed E-state index contributed by atoms with van der Waals surface area (Å²) in [4.78, 5) is 21.4. The van der Waals surface area contributed by atoms with E-state index in [9.17, 15) is 4.79 Å². The lowest BCUT2D eigenvalue weighted by Gasteiger charge is -2.01. The standard InChI is InChI=1S/C17H17N3O2S/c1-12-16(17(21)19-11-14-3-2-10-22-14)23-15(20-12)5-4-13-6-8-18-9-7-13/h2-3,6-10H,4-5,11H2,1H3,(H,19,21).